The zero-order valence-corrected chi connectivity index (χ0v) is 12.9. The smallest absolute Gasteiger partial charge is 0.258 e. The highest BCUT2D eigenvalue weighted by Crippen LogP contribution is 2.22. The lowest BCUT2D eigenvalue weighted by atomic mass is 10.0. The highest BCUT2D eigenvalue weighted by molar-refractivity contribution is 6.33. The van der Waals surface area contributed by atoms with Crippen LogP contribution < -0.4 is 0 Å². The average molecular weight is 299 g/mol. The van der Waals surface area contributed by atoms with E-state index in [0.29, 0.717) is 13.1 Å². The molecule has 0 aliphatic carbocycles. The molecule has 2 rings (SSSR count). The Morgan fingerprint density at radius 3 is 2.30 bits per heavy atom. The quantitative estimate of drug-likeness (QED) is 0.795. The Kier molecular flexibility index (Phi) is 4.35. The van der Waals surface area contributed by atoms with Gasteiger partial charge in [-0.05, 0) is 32.9 Å². The molecule has 0 radical (unpaired) electrons. The molecule has 0 N–H and O–H groups in total. The average Bonchev–Trinajstić information content (AvgIpc) is 2.37. The second-order valence-corrected chi connectivity index (χ2v) is 6.45. The van der Waals surface area contributed by atoms with Crippen molar-refractivity contribution in [1.82, 2.24) is 9.80 Å². The van der Waals surface area contributed by atoms with Gasteiger partial charge in [0, 0.05) is 31.7 Å². The van der Waals surface area contributed by atoms with Gasteiger partial charge in [0.2, 0.25) is 0 Å². The van der Waals surface area contributed by atoms with Crippen LogP contribution in [0.4, 0.5) is 4.39 Å². The number of amides is 1. The first-order valence-electron chi connectivity index (χ1n) is 6.79. The topological polar surface area (TPSA) is 23.6 Å². The van der Waals surface area contributed by atoms with Crippen molar-refractivity contribution in [2.24, 2.45) is 0 Å². The minimum atomic E-state index is -0.555. The number of hydrogen-bond acceptors (Lipinski definition) is 2. The van der Waals surface area contributed by atoms with Crippen LogP contribution in [0.25, 0.3) is 0 Å². The summed E-state index contributed by atoms with van der Waals surface area (Å²) in [6.45, 7) is 9.23. The summed E-state index contributed by atoms with van der Waals surface area (Å²) in [6, 6.07) is 4.32. The number of carbonyl (C=O) groups is 1. The Bertz CT molecular complexity index is 485. The number of piperazine rings is 1. The van der Waals surface area contributed by atoms with Crippen molar-refractivity contribution >= 4 is 17.5 Å². The summed E-state index contributed by atoms with van der Waals surface area (Å²) in [4.78, 5) is 16.4. The molecule has 1 aromatic rings. The Hall–Kier alpha value is -1.13. The van der Waals surface area contributed by atoms with Crippen molar-refractivity contribution in [1.29, 1.82) is 0 Å². The molecule has 1 aliphatic heterocycles. The molecule has 5 heteroatoms. The minimum Gasteiger partial charge on any atom is -0.336 e. The van der Waals surface area contributed by atoms with Crippen LogP contribution in [0, 0.1) is 5.82 Å². The minimum absolute atomic E-state index is 0.0154. The molecule has 1 fully saturated rings. The molecule has 20 heavy (non-hydrogen) atoms. The zero-order valence-electron chi connectivity index (χ0n) is 12.1. The Morgan fingerprint density at radius 2 is 1.80 bits per heavy atom. The molecule has 0 spiro atoms. The van der Waals surface area contributed by atoms with Gasteiger partial charge in [0.05, 0.1) is 10.6 Å². The highest BCUT2D eigenvalue weighted by Gasteiger charge is 2.29. The molecule has 0 unspecified atom stereocenters. The van der Waals surface area contributed by atoms with Gasteiger partial charge in [-0.15, -0.1) is 0 Å². The Morgan fingerprint density at radius 1 is 1.20 bits per heavy atom. The normalized spacial score (nSPS) is 17.4. The van der Waals surface area contributed by atoms with E-state index in [-0.39, 0.29) is 22.0 Å². The van der Waals surface area contributed by atoms with Crippen LogP contribution in [0.3, 0.4) is 0 Å². The van der Waals surface area contributed by atoms with Crippen LogP contribution in [-0.2, 0) is 0 Å². The van der Waals surface area contributed by atoms with Crippen LogP contribution in [0.15, 0.2) is 18.2 Å². The molecule has 1 aromatic carbocycles. The summed E-state index contributed by atoms with van der Waals surface area (Å²) in [5.74, 6) is -0.873. The first-order chi connectivity index (χ1) is 9.30. The lowest BCUT2D eigenvalue weighted by molar-refractivity contribution is 0.0448. The highest BCUT2D eigenvalue weighted by atomic mass is 35.5. The first kappa shape index (κ1) is 15.3. The van der Waals surface area contributed by atoms with Gasteiger partial charge in [-0.25, -0.2) is 4.39 Å². The summed E-state index contributed by atoms with van der Waals surface area (Å²) in [6.07, 6.45) is 0. The van der Waals surface area contributed by atoms with E-state index in [0.717, 1.165) is 13.1 Å². The van der Waals surface area contributed by atoms with Crippen molar-refractivity contribution in [3.8, 4) is 0 Å². The molecule has 1 heterocycles. The third kappa shape index (κ3) is 3.13. The molecular formula is C15H20ClFN2O. The van der Waals surface area contributed by atoms with Crippen molar-refractivity contribution in [3.63, 3.8) is 0 Å². The van der Waals surface area contributed by atoms with Crippen LogP contribution in [0.5, 0.6) is 0 Å². The summed E-state index contributed by atoms with van der Waals surface area (Å²) in [5, 5.41) is 0.174. The second-order valence-electron chi connectivity index (χ2n) is 6.05. The number of rotatable bonds is 1. The molecule has 110 valence electrons. The van der Waals surface area contributed by atoms with Crippen LogP contribution >= 0.6 is 11.6 Å². The number of nitrogens with zero attached hydrogens (tertiary/aromatic N) is 2. The lowest BCUT2D eigenvalue weighted by Gasteiger charge is -2.42. The van der Waals surface area contributed by atoms with Gasteiger partial charge in [0.25, 0.3) is 5.91 Å². The second kappa shape index (κ2) is 5.70. The predicted octanol–water partition coefficient (Wildman–Crippen LogP) is 3.04. The summed E-state index contributed by atoms with van der Waals surface area (Å²) in [7, 11) is 0. The van der Waals surface area contributed by atoms with Gasteiger partial charge in [-0.1, -0.05) is 17.7 Å². The molecule has 1 aliphatic rings. The lowest BCUT2D eigenvalue weighted by Crippen LogP contribution is -2.54. The zero-order chi connectivity index (χ0) is 14.9. The first-order valence-corrected chi connectivity index (χ1v) is 7.17. The van der Waals surface area contributed by atoms with Crippen LogP contribution in [0.2, 0.25) is 5.02 Å². The van der Waals surface area contributed by atoms with E-state index in [4.69, 9.17) is 11.6 Å². The third-order valence-corrected chi connectivity index (χ3v) is 4.01. The van der Waals surface area contributed by atoms with Crippen LogP contribution in [0.1, 0.15) is 31.1 Å². The third-order valence-electron chi connectivity index (χ3n) is 3.69. The molecule has 1 amide bonds. The molecule has 0 aromatic heterocycles. The summed E-state index contributed by atoms with van der Waals surface area (Å²) in [5.41, 5.74) is 0.0727. The van der Waals surface area contributed by atoms with Crippen LogP contribution in [-0.4, -0.2) is 47.4 Å². The number of benzene rings is 1. The van der Waals surface area contributed by atoms with E-state index in [1.807, 2.05) is 0 Å². The Labute approximate surface area is 124 Å². The van der Waals surface area contributed by atoms with Gasteiger partial charge < -0.3 is 4.90 Å². The van der Waals surface area contributed by atoms with Gasteiger partial charge in [-0.2, -0.15) is 0 Å². The van der Waals surface area contributed by atoms with E-state index in [2.05, 4.69) is 25.7 Å². The maximum Gasteiger partial charge on any atom is 0.258 e. The molecule has 1 saturated heterocycles. The fourth-order valence-electron chi connectivity index (χ4n) is 2.44. The molecular weight excluding hydrogens is 279 g/mol. The maximum atomic E-state index is 13.8. The maximum absolute atomic E-state index is 13.8. The fourth-order valence-corrected chi connectivity index (χ4v) is 2.68. The molecule has 0 bridgehead atoms. The van der Waals surface area contributed by atoms with Crippen molar-refractivity contribution < 1.29 is 9.18 Å². The summed E-state index contributed by atoms with van der Waals surface area (Å²) >= 11 is 5.95. The standard InChI is InChI=1S/C15H20ClFN2O/c1-15(2,3)19-9-7-18(8-10-19)14(20)13-11(16)5-4-6-12(13)17/h4-6H,7-10H2,1-3H3. The molecule has 3 nitrogen and oxygen atoms in total. The van der Waals surface area contributed by atoms with Crippen molar-refractivity contribution in [3.05, 3.63) is 34.6 Å². The number of halogens is 2. The Balaban J connectivity index is 2.09. The molecule has 0 saturated carbocycles. The van der Waals surface area contributed by atoms with E-state index in [9.17, 15) is 9.18 Å². The number of carbonyl (C=O) groups excluding carboxylic acids is 1. The van der Waals surface area contributed by atoms with Gasteiger partial charge in [0.15, 0.2) is 0 Å². The largest absolute Gasteiger partial charge is 0.336 e. The van der Waals surface area contributed by atoms with Gasteiger partial charge in [-0.3, -0.25) is 9.69 Å². The van der Waals surface area contributed by atoms with E-state index in [1.165, 1.54) is 12.1 Å². The predicted molar refractivity (Wildman–Crippen MR) is 78.6 cm³/mol. The van der Waals surface area contributed by atoms with Gasteiger partial charge in [0.1, 0.15) is 5.82 Å². The number of hydrogen-bond donors (Lipinski definition) is 0. The fraction of sp³-hybridized carbons (Fsp3) is 0.533. The van der Waals surface area contributed by atoms with E-state index >= 15 is 0 Å². The van der Waals surface area contributed by atoms with Crippen molar-refractivity contribution in [2.45, 2.75) is 26.3 Å². The van der Waals surface area contributed by atoms with Gasteiger partial charge >= 0.3 is 0 Å². The summed E-state index contributed by atoms with van der Waals surface area (Å²) < 4.78 is 13.8. The molecule has 0 atom stereocenters. The van der Waals surface area contributed by atoms with E-state index < -0.39 is 5.82 Å². The SMILES string of the molecule is CC(C)(C)N1CCN(C(=O)c2c(F)cccc2Cl)CC1. The van der Waals surface area contributed by atoms with Crippen molar-refractivity contribution in [2.75, 3.05) is 26.2 Å². The van der Waals surface area contributed by atoms with E-state index in [1.54, 1.807) is 11.0 Å². The monoisotopic (exact) mass is 298 g/mol.